The van der Waals surface area contributed by atoms with Crippen LogP contribution in [0.5, 0.6) is 0 Å². The highest BCUT2D eigenvalue weighted by molar-refractivity contribution is 7.79. The summed E-state index contributed by atoms with van der Waals surface area (Å²) in [5, 5.41) is 6.43. The van der Waals surface area contributed by atoms with Gasteiger partial charge in [0.1, 0.15) is 0 Å². The lowest BCUT2D eigenvalue weighted by Gasteiger charge is -2.28. The fraction of sp³-hybridized carbons (Fsp3) is 0.562. The highest BCUT2D eigenvalue weighted by atomic mass is 32.1. The first-order chi connectivity index (χ1) is 9.75. The molecule has 2 rings (SSSR count). The number of hydrogen-bond acceptors (Lipinski definition) is 3. The van der Waals surface area contributed by atoms with Crippen molar-refractivity contribution in [2.45, 2.75) is 45.7 Å². The van der Waals surface area contributed by atoms with Crippen LogP contribution in [0, 0.1) is 0 Å². The molecule has 1 aliphatic heterocycles. The Hall–Kier alpha value is -1.00. The maximum Gasteiger partial charge on any atom is 0.251 e. The van der Waals surface area contributed by atoms with Crippen molar-refractivity contribution in [2.24, 2.45) is 0 Å². The number of thiol groups is 1. The molecule has 114 valence electrons. The van der Waals surface area contributed by atoms with Crippen LogP contribution in [-0.4, -0.2) is 30.8 Å². The summed E-state index contributed by atoms with van der Waals surface area (Å²) in [6.07, 6.45) is 3.88. The minimum Gasteiger partial charge on any atom is -0.348 e. The molecule has 0 radical (unpaired) electrons. The lowest BCUT2D eigenvalue weighted by Crippen LogP contribution is -2.48. The number of carbonyl (C=O) groups excluding carboxylic acids is 1. The quantitative estimate of drug-likeness (QED) is 0.734. The zero-order valence-electron chi connectivity index (χ0n) is 13.0. The first-order valence-electron chi connectivity index (χ1n) is 7.30. The molecular formula is C16H28N2OS. The molecule has 1 fully saturated rings. The number of amides is 1. The molecule has 0 spiro atoms. The SMILES string of the molecule is CC.CC1CCC(NC(=O)c2ccccc2)CN1.CS. The van der Waals surface area contributed by atoms with E-state index in [1.54, 1.807) is 6.26 Å². The van der Waals surface area contributed by atoms with Crippen molar-refractivity contribution in [1.29, 1.82) is 0 Å². The zero-order valence-corrected chi connectivity index (χ0v) is 13.9. The molecule has 1 aliphatic rings. The molecule has 20 heavy (non-hydrogen) atoms. The van der Waals surface area contributed by atoms with E-state index in [-0.39, 0.29) is 11.9 Å². The first-order valence-corrected chi connectivity index (χ1v) is 8.19. The van der Waals surface area contributed by atoms with Gasteiger partial charge < -0.3 is 10.6 Å². The molecule has 2 unspecified atom stereocenters. The van der Waals surface area contributed by atoms with E-state index in [4.69, 9.17) is 0 Å². The summed E-state index contributed by atoms with van der Waals surface area (Å²) in [6, 6.07) is 10.2. The molecule has 4 heteroatoms. The van der Waals surface area contributed by atoms with Gasteiger partial charge in [0.15, 0.2) is 0 Å². The molecule has 0 aromatic heterocycles. The summed E-state index contributed by atoms with van der Waals surface area (Å²) < 4.78 is 0. The van der Waals surface area contributed by atoms with Crippen molar-refractivity contribution in [1.82, 2.24) is 10.6 Å². The molecular weight excluding hydrogens is 268 g/mol. The van der Waals surface area contributed by atoms with Gasteiger partial charge in [0, 0.05) is 24.2 Å². The summed E-state index contributed by atoms with van der Waals surface area (Å²) in [7, 11) is 0. The van der Waals surface area contributed by atoms with Gasteiger partial charge in [-0.25, -0.2) is 0 Å². The molecule has 0 bridgehead atoms. The average Bonchev–Trinajstić information content (AvgIpc) is 2.54. The standard InChI is InChI=1S/C13H18N2O.C2H6.CH4S/c1-10-7-8-12(9-14-10)15-13(16)11-5-3-2-4-6-11;2*1-2/h2-6,10,12,14H,7-9H2,1H3,(H,15,16);1-2H3;2H,1H3. The number of carbonyl (C=O) groups is 1. The fourth-order valence-corrected chi connectivity index (χ4v) is 1.98. The Morgan fingerprint density at radius 3 is 2.30 bits per heavy atom. The maximum absolute atomic E-state index is 11.9. The molecule has 0 aliphatic carbocycles. The van der Waals surface area contributed by atoms with Crippen molar-refractivity contribution >= 4 is 18.5 Å². The van der Waals surface area contributed by atoms with Crippen molar-refractivity contribution in [3.8, 4) is 0 Å². The van der Waals surface area contributed by atoms with Crippen molar-refractivity contribution in [2.75, 3.05) is 12.8 Å². The van der Waals surface area contributed by atoms with Gasteiger partial charge in [-0.3, -0.25) is 4.79 Å². The summed E-state index contributed by atoms with van der Waals surface area (Å²) in [5.41, 5.74) is 0.737. The Morgan fingerprint density at radius 2 is 1.80 bits per heavy atom. The van der Waals surface area contributed by atoms with Crippen LogP contribution in [0.3, 0.4) is 0 Å². The molecule has 3 nitrogen and oxygen atoms in total. The van der Waals surface area contributed by atoms with Crippen molar-refractivity contribution in [3.05, 3.63) is 35.9 Å². The van der Waals surface area contributed by atoms with E-state index >= 15 is 0 Å². The van der Waals surface area contributed by atoms with Gasteiger partial charge >= 0.3 is 0 Å². The van der Waals surface area contributed by atoms with Crippen LogP contribution in [0.4, 0.5) is 0 Å². The molecule has 2 atom stereocenters. The van der Waals surface area contributed by atoms with Crippen LogP contribution in [0.15, 0.2) is 30.3 Å². The van der Waals surface area contributed by atoms with Crippen molar-refractivity contribution < 1.29 is 4.79 Å². The van der Waals surface area contributed by atoms with E-state index < -0.39 is 0 Å². The third kappa shape index (κ3) is 6.96. The normalized spacial score (nSPS) is 20.6. The van der Waals surface area contributed by atoms with E-state index in [0.717, 1.165) is 24.9 Å². The third-order valence-electron chi connectivity index (χ3n) is 3.03. The molecule has 1 amide bonds. The summed E-state index contributed by atoms with van der Waals surface area (Å²) >= 11 is 3.53. The van der Waals surface area contributed by atoms with Crippen LogP contribution in [0.1, 0.15) is 44.0 Å². The van der Waals surface area contributed by atoms with Gasteiger partial charge in [-0.1, -0.05) is 32.0 Å². The maximum atomic E-state index is 11.9. The minimum absolute atomic E-state index is 0.0296. The monoisotopic (exact) mass is 296 g/mol. The Morgan fingerprint density at radius 1 is 1.20 bits per heavy atom. The third-order valence-corrected chi connectivity index (χ3v) is 3.03. The number of rotatable bonds is 2. The smallest absolute Gasteiger partial charge is 0.251 e. The number of hydrogen-bond donors (Lipinski definition) is 3. The Bertz CT molecular complexity index is 349. The molecule has 1 heterocycles. The number of nitrogens with one attached hydrogen (secondary N) is 2. The van der Waals surface area contributed by atoms with Gasteiger partial charge in [-0.05, 0) is 38.2 Å². The van der Waals surface area contributed by atoms with Crippen LogP contribution in [-0.2, 0) is 0 Å². The van der Waals surface area contributed by atoms with Gasteiger partial charge in [-0.2, -0.15) is 12.6 Å². The highest BCUT2D eigenvalue weighted by Crippen LogP contribution is 2.08. The van der Waals surface area contributed by atoms with Gasteiger partial charge in [-0.15, -0.1) is 0 Å². The number of benzene rings is 1. The molecule has 2 N–H and O–H groups in total. The lowest BCUT2D eigenvalue weighted by atomic mass is 10.0. The van der Waals surface area contributed by atoms with E-state index in [9.17, 15) is 4.79 Å². The van der Waals surface area contributed by atoms with Crippen LogP contribution in [0.25, 0.3) is 0 Å². The van der Waals surface area contributed by atoms with E-state index in [0.29, 0.717) is 6.04 Å². The van der Waals surface area contributed by atoms with Gasteiger partial charge in [0.25, 0.3) is 5.91 Å². The fourth-order valence-electron chi connectivity index (χ4n) is 1.98. The molecule has 1 aromatic carbocycles. The van der Waals surface area contributed by atoms with Crippen molar-refractivity contribution in [3.63, 3.8) is 0 Å². The molecule has 0 saturated carbocycles. The van der Waals surface area contributed by atoms with Gasteiger partial charge in [0.05, 0.1) is 0 Å². The Labute approximate surface area is 129 Å². The zero-order chi connectivity index (χ0) is 15.4. The Kier molecular flexibility index (Phi) is 11.2. The predicted molar refractivity (Wildman–Crippen MR) is 90.7 cm³/mol. The second-order valence-electron chi connectivity index (χ2n) is 4.42. The van der Waals surface area contributed by atoms with E-state index in [2.05, 4.69) is 30.2 Å². The number of piperidine rings is 1. The molecule has 1 saturated heterocycles. The Balaban J connectivity index is 0.000000829. The summed E-state index contributed by atoms with van der Waals surface area (Å²) in [5.74, 6) is 0.0296. The lowest BCUT2D eigenvalue weighted by molar-refractivity contribution is 0.0927. The van der Waals surface area contributed by atoms with Crippen LogP contribution < -0.4 is 10.6 Å². The second-order valence-corrected chi connectivity index (χ2v) is 4.42. The van der Waals surface area contributed by atoms with E-state index in [1.165, 1.54) is 0 Å². The molecule has 1 aromatic rings. The highest BCUT2D eigenvalue weighted by Gasteiger charge is 2.19. The second kappa shape index (κ2) is 11.8. The van der Waals surface area contributed by atoms with E-state index in [1.807, 2.05) is 44.2 Å². The first kappa shape index (κ1) is 19.0. The summed E-state index contributed by atoms with van der Waals surface area (Å²) in [4.78, 5) is 11.9. The summed E-state index contributed by atoms with van der Waals surface area (Å²) in [6.45, 7) is 7.05. The van der Waals surface area contributed by atoms with Crippen LogP contribution >= 0.6 is 12.6 Å². The van der Waals surface area contributed by atoms with Crippen LogP contribution in [0.2, 0.25) is 0 Å². The largest absolute Gasteiger partial charge is 0.348 e. The minimum atomic E-state index is 0.0296. The van der Waals surface area contributed by atoms with Gasteiger partial charge in [0.2, 0.25) is 0 Å². The topological polar surface area (TPSA) is 41.1 Å². The average molecular weight is 296 g/mol. The predicted octanol–water partition coefficient (Wildman–Crippen LogP) is 3.13.